The van der Waals surface area contributed by atoms with Gasteiger partial charge in [0, 0.05) is 16.7 Å². The van der Waals surface area contributed by atoms with Gasteiger partial charge in [-0.2, -0.15) is 5.10 Å². The number of nitrogens with zero attached hydrogens (tertiary/aromatic N) is 3. The molecule has 0 radical (unpaired) electrons. The Morgan fingerprint density at radius 2 is 2.04 bits per heavy atom. The molecule has 2 aromatic carbocycles. The number of rotatable bonds is 4. The Hall–Kier alpha value is -2.49. The maximum absolute atomic E-state index is 12.1. The van der Waals surface area contributed by atoms with Gasteiger partial charge in [-0.3, -0.25) is 20.2 Å². The first-order valence-corrected chi connectivity index (χ1v) is 9.43. The van der Waals surface area contributed by atoms with Crippen molar-refractivity contribution in [3.8, 4) is 0 Å². The Morgan fingerprint density at radius 3 is 2.78 bits per heavy atom. The van der Waals surface area contributed by atoms with E-state index in [0.29, 0.717) is 30.7 Å². The molecular formula is C17H10BrClN4O3S. The molecule has 0 saturated carbocycles. The van der Waals surface area contributed by atoms with Crippen molar-refractivity contribution in [1.29, 1.82) is 0 Å². The van der Waals surface area contributed by atoms with E-state index in [1.807, 2.05) is 12.1 Å². The molecule has 0 aliphatic carbocycles. The van der Waals surface area contributed by atoms with Crippen LogP contribution in [0.3, 0.4) is 0 Å². The van der Waals surface area contributed by atoms with Crippen molar-refractivity contribution in [2.75, 3.05) is 0 Å². The van der Waals surface area contributed by atoms with Crippen molar-refractivity contribution in [2.24, 2.45) is 10.2 Å². The predicted octanol–water partition coefficient (Wildman–Crippen LogP) is 4.60. The molecule has 0 bridgehead atoms. The lowest BCUT2D eigenvalue weighted by Crippen LogP contribution is -2.19. The molecule has 1 heterocycles. The molecule has 0 aromatic heterocycles. The summed E-state index contributed by atoms with van der Waals surface area (Å²) in [6.45, 7) is 0. The van der Waals surface area contributed by atoms with Crippen LogP contribution < -0.4 is 5.32 Å². The van der Waals surface area contributed by atoms with Gasteiger partial charge in [-0.25, -0.2) is 0 Å². The van der Waals surface area contributed by atoms with Gasteiger partial charge in [-0.05, 0) is 51.5 Å². The minimum Gasteiger partial charge on any atom is -0.299 e. The molecular weight excluding hydrogens is 456 g/mol. The summed E-state index contributed by atoms with van der Waals surface area (Å²) >= 11 is 10.2. The third kappa shape index (κ3) is 4.82. The first-order valence-electron chi connectivity index (χ1n) is 7.44. The fourth-order valence-corrected chi connectivity index (χ4v) is 3.46. The number of amides is 1. The smallest absolute Gasteiger partial charge is 0.284 e. The van der Waals surface area contributed by atoms with Gasteiger partial charge < -0.3 is 0 Å². The quantitative estimate of drug-likeness (QED) is 0.309. The van der Waals surface area contributed by atoms with Crippen LogP contribution in [-0.4, -0.2) is 22.2 Å². The standard InChI is InChI=1S/C17H10BrClN4O3S/c18-12-6-5-10(7-14(12)23(25)26)8-15-16(24)21-17(27-15)22-20-9-11-3-1-2-4-13(11)19/h1-9H,(H,21,22,24)/b15-8+,20-9+. The van der Waals surface area contributed by atoms with Crippen LogP contribution >= 0.6 is 39.3 Å². The van der Waals surface area contributed by atoms with E-state index in [9.17, 15) is 14.9 Å². The van der Waals surface area contributed by atoms with Gasteiger partial charge in [0.05, 0.1) is 20.5 Å². The van der Waals surface area contributed by atoms with Crippen LogP contribution in [0.15, 0.2) is 62.0 Å². The molecule has 1 N–H and O–H groups in total. The van der Waals surface area contributed by atoms with Crippen molar-refractivity contribution in [2.45, 2.75) is 0 Å². The van der Waals surface area contributed by atoms with Gasteiger partial charge in [0.15, 0.2) is 5.17 Å². The highest BCUT2D eigenvalue weighted by atomic mass is 79.9. The highest BCUT2D eigenvalue weighted by Crippen LogP contribution is 2.30. The monoisotopic (exact) mass is 464 g/mol. The summed E-state index contributed by atoms with van der Waals surface area (Å²) in [5.41, 5.74) is 1.16. The van der Waals surface area contributed by atoms with Gasteiger partial charge in [0.2, 0.25) is 0 Å². The van der Waals surface area contributed by atoms with Crippen molar-refractivity contribution >= 4 is 68.3 Å². The molecule has 1 saturated heterocycles. The van der Waals surface area contributed by atoms with Crippen LogP contribution in [-0.2, 0) is 4.79 Å². The second kappa shape index (κ2) is 8.47. The number of carbonyl (C=O) groups is 1. The summed E-state index contributed by atoms with van der Waals surface area (Å²) in [5, 5.41) is 22.3. The summed E-state index contributed by atoms with van der Waals surface area (Å²) in [6, 6.07) is 11.8. The van der Waals surface area contributed by atoms with Gasteiger partial charge in [0.25, 0.3) is 11.6 Å². The maximum Gasteiger partial charge on any atom is 0.284 e. The zero-order valence-electron chi connectivity index (χ0n) is 13.4. The van der Waals surface area contributed by atoms with Crippen molar-refractivity contribution in [1.82, 2.24) is 5.32 Å². The highest BCUT2D eigenvalue weighted by Gasteiger charge is 2.24. The average molecular weight is 466 g/mol. The van der Waals surface area contributed by atoms with E-state index in [2.05, 4.69) is 31.4 Å². The lowest BCUT2D eigenvalue weighted by molar-refractivity contribution is -0.385. The summed E-state index contributed by atoms with van der Waals surface area (Å²) in [4.78, 5) is 22.9. The third-order valence-corrected chi connectivity index (χ3v) is 5.28. The number of thioether (sulfide) groups is 1. The molecule has 10 heteroatoms. The average Bonchev–Trinajstić information content (AvgIpc) is 2.97. The number of nitro groups is 1. The van der Waals surface area contributed by atoms with Gasteiger partial charge in [-0.15, -0.1) is 5.10 Å². The number of benzene rings is 2. The number of carbonyl (C=O) groups excluding carboxylic acids is 1. The molecule has 2 aromatic rings. The lowest BCUT2D eigenvalue weighted by Gasteiger charge is -1.98. The van der Waals surface area contributed by atoms with Gasteiger partial charge in [-0.1, -0.05) is 35.9 Å². The van der Waals surface area contributed by atoms with Crippen LogP contribution in [0.2, 0.25) is 5.02 Å². The second-order valence-electron chi connectivity index (χ2n) is 5.20. The molecule has 1 fully saturated rings. The van der Waals surface area contributed by atoms with E-state index >= 15 is 0 Å². The van der Waals surface area contributed by atoms with Crippen LogP contribution in [0.5, 0.6) is 0 Å². The minimum absolute atomic E-state index is 0.0778. The summed E-state index contributed by atoms with van der Waals surface area (Å²) in [6.07, 6.45) is 3.04. The van der Waals surface area contributed by atoms with Crippen LogP contribution in [0.4, 0.5) is 5.69 Å². The molecule has 1 aliphatic rings. The second-order valence-corrected chi connectivity index (χ2v) is 7.50. The first-order chi connectivity index (χ1) is 12.9. The fraction of sp³-hybridized carbons (Fsp3) is 0. The number of hydrogen-bond donors (Lipinski definition) is 1. The summed E-state index contributed by atoms with van der Waals surface area (Å²) in [5.74, 6) is -0.350. The van der Waals surface area contributed by atoms with Gasteiger partial charge >= 0.3 is 0 Å². The van der Waals surface area contributed by atoms with E-state index in [1.54, 1.807) is 30.3 Å². The highest BCUT2D eigenvalue weighted by molar-refractivity contribution is 9.10. The normalized spacial score (nSPS) is 17.0. The zero-order chi connectivity index (χ0) is 19.4. The van der Waals surface area contributed by atoms with E-state index in [0.717, 1.165) is 11.8 Å². The molecule has 0 unspecified atom stereocenters. The van der Waals surface area contributed by atoms with Crippen LogP contribution in [0.25, 0.3) is 6.08 Å². The molecule has 3 rings (SSSR count). The Labute approximate surface area is 171 Å². The molecule has 1 amide bonds. The number of amidine groups is 1. The minimum atomic E-state index is -0.496. The van der Waals surface area contributed by atoms with E-state index in [4.69, 9.17) is 11.6 Å². The lowest BCUT2D eigenvalue weighted by atomic mass is 10.2. The maximum atomic E-state index is 12.1. The Kier molecular flexibility index (Phi) is 6.04. The number of nitro benzene ring substituents is 1. The topological polar surface area (TPSA) is 97.0 Å². The molecule has 136 valence electrons. The number of hydrogen-bond acceptors (Lipinski definition) is 6. The zero-order valence-corrected chi connectivity index (χ0v) is 16.6. The van der Waals surface area contributed by atoms with Crippen molar-refractivity contribution < 1.29 is 9.72 Å². The van der Waals surface area contributed by atoms with Gasteiger partial charge in [0.1, 0.15) is 0 Å². The first kappa shape index (κ1) is 19.3. The van der Waals surface area contributed by atoms with E-state index in [1.165, 1.54) is 12.3 Å². The Bertz CT molecular complexity index is 1020. The third-order valence-electron chi connectivity index (χ3n) is 3.37. The Morgan fingerprint density at radius 1 is 1.26 bits per heavy atom. The Balaban J connectivity index is 1.77. The summed E-state index contributed by atoms with van der Waals surface area (Å²) < 4.78 is 0.370. The number of nitrogens with one attached hydrogen (secondary N) is 1. The molecule has 0 spiro atoms. The molecule has 7 nitrogen and oxygen atoms in total. The van der Waals surface area contributed by atoms with Crippen LogP contribution in [0.1, 0.15) is 11.1 Å². The SMILES string of the molecule is O=C1N/C(=N\N=C\c2ccccc2Cl)S/C1=C/c1ccc(Br)c([N+](=O)[O-])c1. The molecule has 0 atom stereocenters. The van der Waals surface area contributed by atoms with Crippen molar-refractivity contribution in [3.05, 3.63) is 78.1 Å². The van der Waals surface area contributed by atoms with Crippen molar-refractivity contribution in [3.63, 3.8) is 0 Å². The van der Waals surface area contributed by atoms with Crippen LogP contribution in [0, 0.1) is 10.1 Å². The predicted molar refractivity (Wildman–Crippen MR) is 111 cm³/mol. The fourth-order valence-electron chi connectivity index (χ4n) is 2.11. The molecule has 27 heavy (non-hydrogen) atoms. The number of halogens is 2. The molecule has 1 aliphatic heterocycles. The van der Waals surface area contributed by atoms with E-state index in [-0.39, 0.29) is 11.6 Å². The van der Waals surface area contributed by atoms with E-state index < -0.39 is 4.92 Å². The largest absolute Gasteiger partial charge is 0.299 e. The summed E-state index contributed by atoms with van der Waals surface area (Å²) in [7, 11) is 0.